The normalized spacial score (nSPS) is 14.1. The standard InChI is InChI=1S/C12H24O2/c1-5-6-7-8-9-10(13)11(14)12(2,3)4/h11,14H,5-9H2,1-4H3. The van der Waals surface area contributed by atoms with E-state index < -0.39 is 6.10 Å². The van der Waals surface area contributed by atoms with E-state index in [0.29, 0.717) is 6.42 Å². The summed E-state index contributed by atoms with van der Waals surface area (Å²) in [6.07, 6.45) is 4.09. The molecule has 84 valence electrons. The zero-order valence-corrected chi connectivity index (χ0v) is 9.97. The summed E-state index contributed by atoms with van der Waals surface area (Å²) >= 11 is 0. The molecule has 0 fully saturated rings. The van der Waals surface area contributed by atoms with Crippen molar-refractivity contribution in [1.82, 2.24) is 0 Å². The van der Waals surface area contributed by atoms with E-state index in [9.17, 15) is 9.90 Å². The molecule has 0 rings (SSSR count). The van der Waals surface area contributed by atoms with Crippen molar-refractivity contribution in [3.05, 3.63) is 0 Å². The number of rotatable bonds is 6. The molecule has 0 radical (unpaired) electrons. The minimum absolute atomic E-state index is 0.00592. The summed E-state index contributed by atoms with van der Waals surface area (Å²) in [6, 6.07) is 0. The average Bonchev–Trinajstić information content (AvgIpc) is 2.09. The molecule has 0 aliphatic heterocycles. The van der Waals surface area contributed by atoms with Gasteiger partial charge >= 0.3 is 0 Å². The first kappa shape index (κ1) is 13.6. The second-order valence-electron chi connectivity index (χ2n) is 5.05. The molecule has 0 saturated carbocycles. The highest BCUT2D eigenvalue weighted by Gasteiger charge is 2.27. The Kier molecular flexibility index (Phi) is 6.01. The van der Waals surface area contributed by atoms with Crippen molar-refractivity contribution in [2.24, 2.45) is 5.41 Å². The van der Waals surface area contributed by atoms with Gasteiger partial charge in [0.1, 0.15) is 6.10 Å². The van der Waals surface area contributed by atoms with Gasteiger partial charge in [0.2, 0.25) is 0 Å². The first-order valence-electron chi connectivity index (χ1n) is 5.60. The Balaban J connectivity index is 3.74. The van der Waals surface area contributed by atoms with Gasteiger partial charge in [0.05, 0.1) is 0 Å². The average molecular weight is 200 g/mol. The molecule has 0 spiro atoms. The Labute approximate surface area is 87.7 Å². The molecule has 1 unspecified atom stereocenters. The van der Waals surface area contributed by atoms with Crippen molar-refractivity contribution in [3.8, 4) is 0 Å². The van der Waals surface area contributed by atoms with E-state index in [4.69, 9.17) is 0 Å². The van der Waals surface area contributed by atoms with E-state index in [2.05, 4.69) is 6.92 Å². The Hall–Kier alpha value is -0.370. The van der Waals surface area contributed by atoms with Gasteiger partial charge in [0.25, 0.3) is 0 Å². The number of aliphatic hydroxyl groups excluding tert-OH is 1. The van der Waals surface area contributed by atoms with Crippen LogP contribution in [-0.4, -0.2) is 17.0 Å². The van der Waals surface area contributed by atoms with Crippen LogP contribution in [0.2, 0.25) is 0 Å². The van der Waals surface area contributed by atoms with Crippen LogP contribution in [0.1, 0.15) is 59.8 Å². The number of carbonyl (C=O) groups excluding carboxylic acids is 1. The molecule has 0 aliphatic carbocycles. The third-order valence-electron chi connectivity index (χ3n) is 2.40. The molecular weight excluding hydrogens is 176 g/mol. The quantitative estimate of drug-likeness (QED) is 0.669. The van der Waals surface area contributed by atoms with E-state index >= 15 is 0 Å². The first-order chi connectivity index (χ1) is 6.39. The molecule has 0 aliphatic rings. The number of aliphatic hydroxyl groups is 1. The zero-order valence-electron chi connectivity index (χ0n) is 9.97. The van der Waals surface area contributed by atoms with Gasteiger partial charge in [-0.3, -0.25) is 4.79 Å². The van der Waals surface area contributed by atoms with Gasteiger partial charge in [-0.2, -0.15) is 0 Å². The van der Waals surface area contributed by atoms with E-state index in [-0.39, 0.29) is 11.2 Å². The molecule has 2 heteroatoms. The molecule has 0 aromatic carbocycles. The van der Waals surface area contributed by atoms with E-state index in [1.54, 1.807) is 0 Å². The second kappa shape index (κ2) is 6.18. The van der Waals surface area contributed by atoms with Gasteiger partial charge in [-0.05, 0) is 11.8 Å². The summed E-state index contributed by atoms with van der Waals surface area (Å²) < 4.78 is 0. The van der Waals surface area contributed by atoms with Crippen LogP contribution in [0, 0.1) is 5.41 Å². The number of carbonyl (C=O) groups is 1. The van der Waals surface area contributed by atoms with Crippen LogP contribution >= 0.6 is 0 Å². The summed E-state index contributed by atoms with van der Waals surface area (Å²) in [4.78, 5) is 11.5. The minimum atomic E-state index is -0.802. The SMILES string of the molecule is CCCCCCC(=O)C(O)C(C)(C)C. The predicted molar refractivity (Wildman–Crippen MR) is 59.2 cm³/mol. The number of unbranched alkanes of at least 4 members (excludes halogenated alkanes) is 3. The molecule has 1 N–H and O–H groups in total. The molecule has 0 bridgehead atoms. The topological polar surface area (TPSA) is 37.3 Å². The smallest absolute Gasteiger partial charge is 0.161 e. The minimum Gasteiger partial charge on any atom is -0.385 e. The molecule has 0 aromatic rings. The first-order valence-corrected chi connectivity index (χ1v) is 5.60. The van der Waals surface area contributed by atoms with E-state index in [1.807, 2.05) is 20.8 Å². The van der Waals surface area contributed by atoms with Crippen molar-refractivity contribution in [3.63, 3.8) is 0 Å². The summed E-state index contributed by atoms with van der Waals surface area (Å²) in [5.74, 6) is -0.00592. The van der Waals surface area contributed by atoms with E-state index in [1.165, 1.54) is 12.8 Å². The second-order valence-corrected chi connectivity index (χ2v) is 5.05. The van der Waals surface area contributed by atoms with Crippen LogP contribution in [0.25, 0.3) is 0 Å². The van der Waals surface area contributed by atoms with Crippen LogP contribution < -0.4 is 0 Å². The highest BCUT2D eigenvalue weighted by atomic mass is 16.3. The molecule has 0 aromatic heterocycles. The Bertz CT molecular complexity index is 168. The molecule has 0 amide bonds. The van der Waals surface area contributed by atoms with Crippen molar-refractivity contribution in [2.75, 3.05) is 0 Å². The van der Waals surface area contributed by atoms with Gasteiger partial charge in [0, 0.05) is 6.42 Å². The number of hydrogen-bond donors (Lipinski definition) is 1. The highest BCUT2D eigenvalue weighted by Crippen LogP contribution is 2.21. The summed E-state index contributed by atoms with van der Waals surface area (Å²) in [6.45, 7) is 7.82. The monoisotopic (exact) mass is 200 g/mol. The lowest BCUT2D eigenvalue weighted by Crippen LogP contribution is -2.34. The number of hydrogen-bond acceptors (Lipinski definition) is 2. The predicted octanol–water partition coefficient (Wildman–Crippen LogP) is 2.93. The van der Waals surface area contributed by atoms with Crippen molar-refractivity contribution in [2.45, 2.75) is 65.9 Å². The molecule has 2 nitrogen and oxygen atoms in total. The fraction of sp³-hybridized carbons (Fsp3) is 0.917. The van der Waals surface area contributed by atoms with Gasteiger partial charge in [-0.15, -0.1) is 0 Å². The van der Waals surface area contributed by atoms with Crippen LogP contribution in [0.5, 0.6) is 0 Å². The fourth-order valence-corrected chi connectivity index (χ4v) is 1.35. The lowest BCUT2D eigenvalue weighted by atomic mass is 9.85. The zero-order chi connectivity index (χ0) is 11.2. The maximum Gasteiger partial charge on any atom is 0.161 e. The molecule has 14 heavy (non-hydrogen) atoms. The van der Waals surface area contributed by atoms with Crippen LogP contribution in [0.15, 0.2) is 0 Å². The van der Waals surface area contributed by atoms with Crippen molar-refractivity contribution in [1.29, 1.82) is 0 Å². The lowest BCUT2D eigenvalue weighted by molar-refractivity contribution is -0.132. The highest BCUT2D eigenvalue weighted by molar-refractivity contribution is 5.83. The maximum atomic E-state index is 11.5. The summed E-state index contributed by atoms with van der Waals surface area (Å²) in [7, 11) is 0. The van der Waals surface area contributed by atoms with Crippen molar-refractivity contribution < 1.29 is 9.90 Å². The van der Waals surface area contributed by atoms with Gasteiger partial charge in [0.15, 0.2) is 5.78 Å². The molecule has 0 heterocycles. The van der Waals surface area contributed by atoms with E-state index in [0.717, 1.165) is 12.8 Å². The summed E-state index contributed by atoms with van der Waals surface area (Å²) in [5, 5.41) is 9.66. The third-order valence-corrected chi connectivity index (χ3v) is 2.40. The largest absolute Gasteiger partial charge is 0.385 e. The lowest BCUT2D eigenvalue weighted by Gasteiger charge is -2.24. The Morgan fingerprint density at radius 3 is 2.21 bits per heavy atom. The number of ketones is 1. The number of Topliss-reactive ketones (excluding diaryl/α,β-unsaturated/α-hetero) is 1. The summed E-state index contributed by atoms with van der Waals surface area (Å²) in [5.41, 5.74) is -0.318. The molecule has 0 saturated heterocycles. The van der Waals surface area contributed by atoms with Crippen molar-refractivity contribution >= 4 is 5.78 Å². The fourth-order valence-electron chi connectivity index (χ4n) is 1.35. The van der Waals surface area contributed by atoms with Gasteiger partial charge in [-0.1, -0.05) is 47.0 Å². The Morgan fingerprint density at radius 1 is 1.21 bits per heavy atom. The van der Waals surface area contributed by atoms with Gasteiger partial charge in [-0.25, -0.2) is 0 Å². The van der Waals surface area contributed by atoms with Gasteiger partial charge < -0.3 is 5.11 Å². The Morgan fingerprint density at radius 2 is 1.79 bits per heavy atom. The maximum absolute atomic E-state index is 11.5. The molecule has 1 atom stereocenters. The van der Waals surface area contributed by atoms with Crippen LogP contribution in [0.4, 0.5) is 0 Å². The van der Waals surface area contributed by atoms with Crippen LogP contribution in [-0.2, 0) is 4.79 Å². The molecular formula is C12H24O2. The third kappa shape index (κ3) is 5.38. The van der Waals surface area contributed by atoms with Crippen LogP contribution in [0.3, 0.4) is 0 Å².